The molecular weight excluding hydrogens is 469 g/mol. The number of amides is 1. The van der Waals surface area contributed by atoms with E-state index in [0.717, 1.165) is 59.1 Å². The first-order valence-corrected chi connectivity index (χ1v) is 12.1. The minimum atomic E-state index is 0.147. The van der Waals surface area contributed by atoms with Gasteiger partial charge in [-0.15, -0.1) is 0 Å². The molecule has 2 fully saturated rings. The number of hydrogen-bond acceptors (Lipinski definition) is 4. The number of aromatic nitrogens is 3. The van der Waals surface area contributed by atoms with E-state index in [4.69, 9.17) is 33.3 Å². The summed E-state index contributed by atoms with van der Waals surface area (Å²) in [6.07, 6.45) is 0.977. The third-order valence-electron chi connectivity index (χ3n) is 6.90. The van der Waals surface area contributed by atoms with Crippen LogP contribution in [0.4, 0.5) is 5.82 Å². The quantitative estimate of drug-likeness (QED) is 0.380. The number of hydrogen-bond donors (Lipinski definition) is 0. The highest BCUT2D eigenvalue weighted by atomic mass is 35.5. The minimum absolute atomic E-state index is 0.147. The van der Waals surface area contributed by atoms with E-state index >= 15 is 0 Å². The predicted molar refractivity (Wildman–Crippen MR) is 136 cm³/mol. The number of fused-ring (bicyclic) bond motifs is 3. The first-order chi connectivity index (χ1) is 16.4. The molecule has 2 aromatic carbocycles. The Morgan fingerprint density at radius 1 is 1.03 bits per heavy atom. The molecule has 172 valence electrons. The van der Waals surface area contributed by atoms with Crippen LogP contribution < -0.4 is 4.90 Å². The van der Waals surface area contributed by atoms with Crippen LogP contribution in [-0.2, 0) is 4.79 Å². The number of carbonyl (C=O) groups excluding carboxylic acids is 1. The Labute approximate surface area is 207 Å². The van der Waals surface area contributed by atoms with Crippen LogP contribution in [0.2, 0.25) is 10.0 Å². The van der Waals surface area contributed by atoms with Crippen molar-refractivity contribution >= 4 is 40.6 Å². The van der Waals surface area contributed by atoms with Gasteiger partial charge in [0.25, 0.3) is 0 Å². The van der Waals surface area contributed by atoms with Crippen molar-refractivity contribution in [2.45, 2.75) is 32.4 Å². The smallest absolute Gasteiger partial charge is 0.219 e. The molecule has 2 unspecified atom stereocenters. The van der Waals surface area contributed by atoms with Crippen LogP contribution in [-0.4, -0.2) is 50.6 Å². The average Bonchev–Trinajstić information content (AvgIpc) is 3.52. The third-order valence-corrected chi connectivity index (χ3v) is 7.48. The summed E-state index contributed by atoms with van der Waals surface area (Å²) >= 11 is 12.8. The number of rotatable bonds is 3. The molecule has 6 rings (SSSR count). The second kappa shape index (κ2) is 8.00. The Morgan fingerprint density at radius 3 is 2.47 bits per heavy atom. The summed E-state index contributed by atoms with van der Waals surface area (Å²) in [5.41, 5.74) is 5.22. The Balaban J connectivity index is 1.57. The van der Waals surface area contributed by atoms with Gasteiger partial charge in [0, 0.05) is 42.4 Å². The number of halogens is 2. The Morgan fingerprint density at radius 2 is 1.79 bits per heavy atom. The number of nitrogens with zero attached hydrogens (tertiary/aromatic N) is 5. The molecule has 6 nitrogen and oxygen atoms in total. The highest BCUT2D eigenvalue weighted by Crippen LogP contribution is 2.41. The van der Waals surface area contributed by atoms with Crippen molar-refractivity contribution in [3.63, 3.8) is 0 Å². The second-order valence-corrected chi connectivity index (χ2v) is 9.91. The predicted octanol–water partition coefficient (Wildman–Crippen LogP) is 5.49. The van der Waals surface area contributed by atoms with Crippen LogP contribution >= 0.6 is 23.2 Å². The standard InChI is InChI=1S/C26H23Cl2N5O/c1-15-11-23(32-14-19-12-20(32)13-31(19)16(2)34)33-26(29-15)24(17-7-9-18(27)10-8-17)25(30-33)21-5-3-4-6-22(21)28/h3-11,19-20H,12-14H2,1-2H3. The lowest BCUT2D eigenvalue weighted by Crippen LogP contribution is -2.48. The molecule has 1 amide bonds. The maximum absolute atomic E-state index is 12.0. The topological polar surface area (TPSA) is 53.7 Å². The van der Waals surface area contributed by atoms with Crippen molar-refractivity contribution in [2.75, 3.05) is 18.0 Å². The summed E-state index contributed by atoms with van der Waals surface area (Å²) in [5, 5.41) is 6.39. The SMILES string of the molecule is CC(=O)N1CC2CC1CN2c1cc(C)nc2c(-c3ccc(Cl)cc3)c(-c3ccccc3Cl)nn12. The van der Waals surface area contributed by atoms with E-state index in [0.29, 0.717) is 10.0 Å². The van der Waals surface area contributed by atoms with Gasteiger partial charge in [-0.2, -0.15) is 9.61 Å². The van der Waals surface area contributed by atoms with E-state index in [2.05, 4.69) is 11.0 Å². The molecule has 4 heterocycles. The van der Waals surface area contributed by atoms with Gasteiger partial charge in [0.15, 0.2) is 5.65 Å². The van der Waals surface area contributed by atoms with Gasteiger partial charge < -0.3 is 9.80 Å². The van der Waals surface area contributed by atoms with Crippen molar-refractivity contribution in [2.24, 2.45) is 0 Å². The molecular formula is C26H23Cl2N5O. The lowest BCUT2D eigenvalue weighted by molar-refractivity contribution is -0.129. The Hall–Kier alpha value is -3.09. The summed E-state index contributed by atoms with van der Waals surface area (Å²) in [6, 6.07) is 18.1. The Kier molecular flexibility index (Phi) is 5.04. The number of likely N-dealkylation sites (tertiary alicyclic amines) is 1. The van der Waals surface area contributed by atoms with E-state index in [1.54, 1.807) is 6.92 Å². The van der Waals surface area contributed by atoms with Crippen LogP contribution in [0, 0.1) is 6.92 Å². The summed E-state index contributed by atoms with van der Waals surface area (Å²) < 4.78 is 1.94. The highest BCUT2D eigenvalue weighted by molar-refractivity contribution is 6.33. The lowest BCUT2D eigenvalue weighted by atomic mass is 10.0. The summed E-state index contributed by atoms with van der Waals surface area (Å²) in [7, 11) is 0. The summed E-state index contributed by atoms with van der Waals surface area (Å²) in [5.74, 6) is 1.14. The van der Waals surface area contributed by atoms with Crippen molar-refractivity contribution in [3.05, 3.63) is 70.3 Å². The number of anilines is 1. The molecule has 0 saturated carbocycles. The largest absolute Gasteiger partial charge is 0.350 e. The zero-order chi connectivity index (χ0) is 23.6. The van der Waals surface area contributed by atoms with Crippen LogP contribution in [0.3, 0.4) is 0 Å². The van der Waals surface area contributed by atoms with Crippen molar-refractivity contribution in [3.8, 4) is 22.4 Å². The molecule has 4 aromatic rings. The molecule has 2 aliphatic heterocycles. The molecule has 0 aliphatic carbocycles. The zero-order valence-corrected chi connectivity index (χ0v) is 20.4. The second-order valence-electron chi connectivity index (χ2n) is 9.07. The van der Waals surface area contributed by atoms with Gasteiger partial charge in [0.2, 0.25) is 5.91 Å². The van der Waals surface area contributed by atoms with Gasteiger partial charge >= 0.3 is 0 Å². The molecule has 2 saturated heterocycles. The fourth-order valence-electron chi connectivity index (χ4n) is 5.38. The zero-order valence-electron chi connectivity index (χ0n) is 18.9. The molecule has 0 radical (unpaired) electrons. The summed E-state index contributed by atoms with van der Waals surface area (Å²) in [6.45, 7) is 5.20. The minimum Gasteiger partial charge on any atom is -0.350 e. The maximum atomic E-state index is 12.0. The monoisotopic (exact) mass is 491 g/mol. The van der Waals surface area contributed by atoms with Crippen LogP contribution in [0.1, 0.15) is 19.0 Å². The number of benzene rings is 2. The van der Waals surface area contributed by atoms with Crippen molar-refractivity contribution in [1.29, 1.82) is 0 Å². The van der Waals surface area contributed by atoms with Crippen LogP contribution in [0.15, 0.2) is 54.6 Å². The van der Waals surface area contributed by atoms with Gasteiger partial charge in [0.1, 0.15) is 11.5 Å². The van der Waals surface area contributed by atoms with Crippen molar-refractivity contribution < 1.29 is 4.79 Å². The molecule has 34 heavy (non-hydrogen) atoms. The van der Waals surface area contributed by atoms with E-state index in [1.165, 1.54) is 0 Å². The number of piperazine rings is 1. The highest BCUT2D eigenvalue weighted by Gasteiger charge is 2.45. The molecule has 2 bridgehead atoms. The lowest BCUT2D eigenvalue weighted by Gasteiger charge is -2.35. The van der Waals surface area contributed by atoms with Gasteiger partial charge in [0.05, 0.1) is 22.7 Å². The number of carbonyl (C=O) groups is 1. The number of aryl methyl sites for hydroxylation is 1. The first kappa shape index (κ1) is 21.4. The maximum Gasteiger partial charge on any atom is 0.219 e. The van der Waals surface area contributed by atoms with Gasteiger partial charge in [-0.25, -0.2) is 4.98 Å². The molecule has 2 atom stereocenters. The van der Waals surface area contributed by atoms with E-state index < -0.39 is 0 Å². The molecule has 2 aliphatic rings. The average molecular weight is 492 g/mol. The molecule has 0 spiro atoms. The first-order valence-electron chi connectivity index (χ1n) is 11.4. The van der Waals surface area contributed by atoms with E-state index in [9.17, 15) is 4.79 Å². The van der Waals surface area contributed by atoms with Crippen molar-refractivity contribution in [1.82, 2.24) is 19.5 Å². The normalized spacial score (nSPS) is 19.4. The van der Waals surface area contributed by atoms with Crippen LogP contribution in [0.25, 0.3) is 28.0 Å². The fraction of sp³-hybridized carbons (Fsp3) is 0.269. The molecule has 8 heteroatoms. The molecule has 2 aromatic heterocycles. The van der Waals surface area contributed by atoms with Gasteiger partial charge in [-0.05, 0) is 37.1 Å². The molecule has 0 N–H and O–H groups in total. The Bertz CT molecular complexity index is 1430. The van der Waals surface area contributed by atoms with Gasteiger partial charge in [-0.3, -0.25) is 4.79 Å². The van der Waals surface area contributed by atoms with E-state index in [1.807, 2.05) is 64.9 Å². The van der Waals surface area contributed by atoms with Gasteiger partial charge in [-0.1, -0.05) is 53.5 Å². The van der Waals surface area contributed by atoms with Crippen LogP contribution in [0.5, 0.6) is 0 Å². The summed E-state index contributed by atoms with van der Waals surface area (Å²) in [4.78, 5) is 21.3. The third kappa shape index (κ3) is 3.36. The fourth-order valence-corrected chi connectivity index (χ4v) is 5.73. The van der Waals surface area contributed by atoms with E-state index in [-0.39, 0.29) is 18.0 Å².